The van der Waals surface area contributed by atoms with E-state index in [4.69, 9.17) is 28.6 Å². The lowest BCUT2D eigenvalue weighted by Gasteiger charge is -2.10. The third kappa shape index (κ3) is 5.97. The highest BCUT2D eigenvalue weighted by Gasteiger charge is 2.30. The van der Waals surface area contributed by atoms with Crippen molar-refractivity contribution < 1.29 is 14.3 Å². The Morgan fingerprint density at radius 2 is 2.03 bits per heavy atom. The molecule has 0 radical (unpaired) electrons. The molecule has 3 rings (SSSR count). The van der Waals surface area contributed by atoms with Gasteiger partial charge >= 0.3 is 0 Å². The zero-order valence-electron chi connectivity index (χ0n) is 16.9. The molecule has 0 unspecified atom stereocenters. The van der Waals surface area contributed by atoms with Gasteiger partial charge in [-0.1, -0.05) is 66.8 Å². The number of thiocarbonyl (C=S) groups is 1. The van der Waals surface area contributed by atoms with Gasteiger partial charge in [0.2, 0.25) is 0 Å². The van der Waals surface area contributed by atoms with Crippen molar-refractivity contribution in [3.8, 4) is 5.75 Å². The molecule has 2 amide bonds. The summed E-state index contributed by atoms with van der Waals surface area (Å²) in [5.74, 6) is -0.0558. The van der Waals surface area contributed by atoms with Crippen LogP contribution in [-0.4, -0.2) is 34.2 Å². The number of thioether (sulfide) groups is 1. The van der Waals surface area contributed by atoms with Gasteiger partial charge in [0, 0.05) is 12.2 Å². The summed E-state index contributed by atoms with van der Waals surface area (Å²) in [6, 6.07) is 12.8. The van der Waals surface area contributed by atoms with Gasteiger partial charge in [0.25, 0.3) is 11.8 Å². The smallest absolute Gasteiger partial charge is 0.266 e. The topological polar surface area (TPSA) is 58.6 Å². The van der Waals surface area contributed by atoms with Crippen LogP contribution in [0.15, 0.2) is 60.0 Å². The first-order valence-electron chi connectivity index (χ1n) is 9.58. The molecule has 8 heteroatoms. The number of rotatable bonds is 8. The molecule has 5 nitrogen and oxygen atoms in total. The van der Waals surface area contributed by atoms with Gasteiger partial charge in [-0.25, -0.2) is 0 Å². The molecule has 0 aromatic heterocycles. The van der Waals surface area contributed by atoms with Crippen LogP contribution in [0.5, 0.6) is 5.75 Å². The fraction of sp³-hybridized carbons (Fsp3) is 0.174. The predicted molar refractivity (Wildman–Crippen MR) is 131 cm³/mol. The predicted octanol–water partition coefficient (Wildman–Crippen LogP) is 5.31. The van der Waals surface area contributed by atoms with Gasteiger partial charge in [-0.2, -0.15) is 0 Å². The fourth-order valence-electron chi connectivity index (χ4n) is 2.83. The molecular weight excluding hydrogens is 452 g/mol. The van der Waals surface area contributed by atoms with Crippen molar-refractivity contribution in [2.24, 2.45) is 0 Å². The van der Waals surface area contributed by atoms with E-state index >= 15 is 0 Å². The average molecular weight is 473 g/mol. The molecule has 1 saturated heterocycles. The van der Waals surface area contributed by atoms with Gasteiger partial charge in [0.15, 0.2) is 6.61 Å². The Bertz CT molecular complexity index is 1050. The van der Waals surface area contributed by atoms with Gasteiger partial charge in [0.05, 0.1) is 9.93 Å². The van der Waals surface area contributed by atoms with Crippen LogP contribution in [0.25, 0.3) is 6.08 Å². The first-order chi connectivity index (χ1) is 14.9. The largest absolute Gasteiger partial charge is 0.482 e. The SMILES string of the molecule is C=CCN1C(=O)/C(=C/c2ccc(OCC(=O)Nc3ccc(CC)cc3)c(Cl)c2)SC1=S. The highest BCUT2D eigenvalue weighted by Crippen LogP contribution is 2.34. The maximum Gasteiger partial charge on any atom is 0.266 e. The number of nitrogens with one attached hydrogen (secondary N) is 1. The number of hydrogen-bond donors (Lipinski definition) is 1. The van der Waals surface area contributed by atoms with Crippen molar-refractivity contribution in [1.29, 1.82) is 0 Å². The molecule has 2 aromatic carbocycles. The van der Waals surface area contributed by atoms with E-state index in [0.29, 0.717) is 32.2 Å². The fourth-order valence-corrected chi connectivity index (χ4v) is 4.34. The molecule has 1 N–H and O–H groups in total. The van der Waals surface area contributed by atoms with Crippen molar-refractivity contribution >= 4 is 63.5 Å². The zero-order valence-corrected chi connectivity index (χ0v) is 19.3. The van der Waals surface area contributed by atoms with Crippen LogP contribution in [0.1, 0.15) is 18.1 Å². The molecular formula is C23H21ClN2O3S2. The zero-order chi connectivity index (χ0) is 22.4. The lowest BCUT2D eigenvalue weighted by molar-refractivity contribution is -0.121. The number of halogens is 1. The minimum atomic E-state index is -0.282. The van der Waals surface area contributed by atoms with E-state index in [1.54, 1.807) is 30.4 Å². The monoisotopic (exact) mass is 472 g/mol. The third-order valence-corrected chi connectivity index (χ3v) is 6.12. The van der Waals surface area contributed by atoms with E-state index in [0.717, 1.165) is 12.0 Å². The lowest BCUT2D eigenvalue weighted by Crippen LogP contribution is -2.27. The summed E-state index contributed by atoms with van der Waals surface area (Å²) in [5, 5.41) is 3.13. The first kappa shape index (κ1) is 23.1. The summed E-state index contributed by atoms with van der Waals surface area (Å²) in [5.41, 5.74) is 2.64. The van der Waals surface area contributed by atoms with Gasteiger partial charge in [-0.05, 0) is 47.9 Å². The molecule has 1 aliphatic rings. The Hall–Kier alpha value is -2.61. The van der Waals surface area contributed by atoms with E-state index in [2.05, 4.69) is 18.8 Å². The first-order valence-corrected chi connectivity index (χ1v) is 11.2. The molecule has 0 saturated carbocycles. The van der Waals surface area contributed by atoms with E-state index in [1.807, 2.05) is 24.3 Å². The molecule has 0 bridgehead atoms. The molecule has 0 atom stereocenters. The molecule has 0 aliphatic carbocycles. The second-order valence-corrected chi connectivity index (χ2v) is 8.74. The second kappa shape index (κ2) is 10.6. The number of benzene rings is 2. The Kier molecular flexibility index (Phi) is 7.90. The lowest BCUT2D eigenvalue weighted by atomic mass is 10.1. The maximum atomic E-state index is 12.4. The van der Waals surface area contributed by atoms with Crippen molar-refractivity contribution in [1.82, 2.24) is 4.90 Å². The number of carbonyl (C=O) groups excluding carboxylic acids is 2. The van der Waals surface area contributed by atoms with Crippen LogP contribution in [0.4, 0.5) is 5.69 Å². The molecule has 160 valence electrons. The molecule has 0 spiro atoms. The highest BCUT2D eigenvalue weighted by atomic mass is 35.5. The van der Waals surface area contributed by atoms with Crippen molar-refractivity contribution in [2.45, 2.75) is 13.3 Å². The molecule has 31 heavy (non-hydrogen) atoms. The van der Waals surface area contributed by atoms with Gasteiger partial charge in [0.1, 0.15) is 10.1 Å². The highest BCUT2D eigenvalue weighted by molar-refractivity contribution is 8.26. The Balaban J connectivity index is 1.60. The number of aryl methyl sites for hydroxylation is 1. The summed E-state index contributed by atoms with van der Waals surface area (Å²) in [4.78, 5) is 26.6. The van der Waals surface area contributed by atoms with Gasteiger partial charge in [-0.15, -0.1) is 6.58 Å². The summed E-state index contributed by atoms with van der Waals surface area (Å²) in [7, 11) is 0. The van der Waals surface area contributed by atoms with Gasteiger partial charge < -0.3 is 10.1 Å². The van der Waals surface area contributed by atoms with Crippen LogP contribution in [0.3, 0.4) is 0 Å². The van der Waals surface area contributed by atoms with E-state index in [-0.39, 0.29) is 18.4 Å². The van der Waals surface area contributed by atoms with Crippen molar-refractivity contribution in [3.05, 3.63) is 76.2 Å². The van der Waals surface area contributed by atoms with Gasteiger partial charge in [-0.3, -0.25) is 14.5 Å². The van der Waals surface area contributed by atoms with Crippen LogP contribution in [-0.2, 0) is 16.0 Å². The van der Waals surface area contributed by atoms with Crippen molar-refractivity contribution in [2.75, 3.05) is 18.5 Å². The summed E-state index contributed by atoms with van der Waals surface area (Å²) < 4.78 is 6.05. The van der Waals surface area contributed by atoms with E-state index in [1.165, 1.54) is 22.2 Å². The van der Waals surface area contributed by atoms with E-state index < -0.39 is 0 Å². The molecule has 1 fully saturated rings. The Morgan fingerprint density at radius 1 is 1.29 bits per heavy atom. The number of nitrogens with zero attached hydrogens (tertiary/aromatic N) is 1. The summed E-state index contributed by atoms with van der Waals surface area (Å²) >= 11 is 12.8. The van der Waals surface area contributed by atoms with Crippen LogP contribution >= 0.6 is 35.6 Å². The summed E-state index contributed by atoms with van der Waals surface area (Å²) in [6.07, 6.45) is 4.30. The Morgan fingerprint density at radius 3 is 2.68 bits per heavy atom. The third-order valence-electron chi connectivity index (χ3n) is 4.44. The summed E-state index contributed by atoms with van der Waals surface area (Å²) in [6.45, 7) is 5.92. The molecule has 1 aliphatic heterocycles. The normalized spacial score (nSPS) is 14.8. The average Bonchev–Trinajstić information content (AvgIpc) is 3.01. The van der Waals surface area contributed by atoms with Crippen LogP contribution in [0, 0.1) is 0 Å². The minimum absolute atomic E-state index is 0.157. The van der Waals surface area contributed by atoms with Crippen LogP contribution < -0.4 is 10.1 Å². The number of amides is 2. The van der Waals surface area contributed by atoms with E-state index in [9.17, 15) is 9.59 Å². The molecule has 2 aromatic rings. The second-order valence-electron chi connectivity index (χ2n) is 6.66. The maximum absolute atomic E-state index is 12.4. The minimum Gasteiger partial charge on any atom is -0.482 e. The number of ether oxygens (including phenoxy) is 1. The number of anilines is 1. The number of hydrogen-bond acceptors (Lipinski definition) is 5. The Labute approximate surface area is 196 Å². The molecule has 1 heterocycles. The number of carbonyl (C=O) groups is 2. The standard InChI is InChI=1S/C23H21ClN2O3S2/c1-3-11-26-22(28)20(31-23(26)30)13-16-7-10-19(18(24)12-16)29-14-21(27)25-17-8-5-15(4-2)6-9-17/h3,5-10,12-13H,1,4,11,14H2,2H3,(H,25,27)/b20-13-. The quantitative estimate of drug-likeness (QED) is 0.320. The van der Waals surface area contributed by atoms with Crippen LogP contribution in [0.2, 0.25) is 5.02 Å². The van der Waals surface area contributed by atoms with Crippen molar-refractivity contribution in [3.63, 3.8) is 0 Å².